The first-order valence-corrected chi connectivity index (χ1v) is 8.55. The number of rotatable bonds is 12. The Bertz CT molecular complexity index is 591. The van der Waals surface area contributed by atoms with Gasteiger partial charge < -0.3 is 43.4 Å². The maximum atomic E-state index is 12.3. The van der Waals surface area contributed by atoms with E-state index in [9.17, 15) is 24.3 Å². The molecule has 0 saturated carbocycles. The van der Waals surface area contributed by atoms with Crippen LogP contribution in [0.4, 0.5) is 0 Å². The van der Waals surface area contributed by atoms with Crippen LogP contribution in [0.3, 0.4) is 0 Å². The number of hydrogen-bond donors (Lipinski definition) is 8. The molecule has 0 bridgehead atoms. The minimum atomic E-state index is -1.36. The molecule has 4 unspecified atom stereocenters. The highest BCUT2D eigenvalue weighted by Crippen LogP contribution is 2.00. The van der Waals surface area contributed by atoms with Gasteiger partial charge in [0.05, 0.1) is 12.1 Å². The van der Waals surface area contributed by atoms with Crippen molar-refractivity contribution in [2.24, 2.45) is 22.2 Å². The zero-order chi connectivity index (χ0) is 21.9. The fourth-order valence-electron chi connectivity index (χ4n) is 2.00. The van der Waals surface area contributed by atoms with Crippen molar-refractivity contribution in [3.63, 3.8) is 0 Å². The van der Waals surface area contributed by atoms with E-state index in [0.29, 0.717) is 6.42 Å². The number of nitrogens with one attached hydrogen (secondary N) is 3. The lowest BCUT2D eigenvalue weighted by atomic mass is 10.1. The van der Waals surface area contributed by atoms with Crippen LogP contribution >= 0.6 is 0 Å². The zero-order valence-electron chi connectivity index (χ0n) is 15.8. The highest BCUT2D eigenvalue weighted by atomic mass is 16.4. The fourth-order valence-corrected chi connectivity index (χ4v) is 2.00. The fraction of sp³-hybridized carbons (Fsp3) is 0.667. The number of aliphatic imine (C=N–C) groups is 1. The molecule has 0 aromatic carbocycles. The third-order valence-electron chi connectivity index (χ3n) is 3.53. The Morgan fingerprint density at radius 2 is 1.64 bits per heavy atom. The summed E-state index contributed by atoms with van der Waals surface area (Å²) in [7, 11) is 0. The van der Waals surface area contributed by atoms with Crippen LogP contribution in [0.5, 0.6) is 0 Å². The van der Waals surface area contributed by atoms with Gasteiger partial charge in [0, 0.05) is 6.54 Å². The molecule has 0 radical (unpaired) electrons. The van der Waals surface area contributed by atoms with E-state index in [1.54, 1.807) is 0 Å². The largest absolute Gasteiger partial charge is 0.480 e. The number of aliphatic carboxylic acids is 1. The molecule has 0 saturated heterocycles. The number of hydrogen-bond acceptors (Lipinski definition) is 7. The highest BCUT2D eigenvalue weighted by Gasteiger charge is 2.29. The zero-order valence-corrected chi connectivity index (χ0v) is 15.8. The van der Waals surface area contributed by atoms with Gasteiger partial charge in [0.25, 0.3) is 0 Å². The Morgan fingerprint density at radius 3 is 2.14 bits per heavy atom. The summed E-state index contributed by atoms with van der Waals surface area (Å²) in [6, 6.07) is -3.40. The SMILES string of the molecule is CC(NC(=O)C(NC(=O)C(N)CCCN=C(N)N)C(C)O)C(=O)NCC(=O)O. The number of nitrogens with two attached hydrogens (primary N) is 3. The summed E-state index contributed by atoms with van der Waals surface area (Å²) in [5, 5.41) is 25.0. The summed E-state index contributed by atoms with van der Waals surface area (Å²) in [5.74, 6) is -3.55. The van der Waals surface area contributed by atoms with E-state index in [1.807, 2.05) is 0 Å². The second-order valence-electron chi connectivity index (χ2n) is 6.12. The average Bonchev–Trinajstić information content (AvgIpc) is 2.59. The van der Waals surface area contributed by atoms with Gasteiger partial charge in [0.1, 0.15) is 18.6 Å². The van der Waals surface area contributed by atoms with Crippen LogP contribution in [0.2, 0.25) is 0 Å². The molecule has 160 valence electrons. The summed E-state index contributed by atoms with van der Waals surface area (Å²) in [6.45, 7) is 2.28. The molecule has 0 spiro atoms. The second kappa shape index (κ2) is 12.5. The number of carboxylic acids is 1. The predicted molar refractivity (Wildman–Crippen MR) is 99.7 cm³/mol. The number of aliphatic hydroxyl groups excluding tert-OH is 1. The van der Waals surface area contributed by atoms with Crippen LogP contribution in [-0.4, -0.2) is 77.2 Å². The number of carbonyl (C=O) groups is 4. The molecular weight excluding hydrogens is 374 g/mol. The minimum absolute atomic E-state index is 0.0784. The Labute approximate surface area is 162 Å². The minimum Gasteiger partial charge on any atom is -0.480 e. The van der Waals surface area contributed by atoms with E-state index in [0.717, 1.165) is 0 Å². The molecule has 0 aliphatic carbocycles. The van der Waals surface area contributed by atoms with E-state index < -0.39 is 54.5 Å². The molecule has 0 aliphatic rings. The molecule has 28 heavy (non-hydrogen) atoms. The summed E-state index contributed by atoms with van der Waals surface area (Å²) >= 11 is 0. The van der Waals surface area contributed by atoms with Crippen molar-refractivity contribution in [3.05, 3.63) is 0 Å². The molecule has 0 rings (SSSR count). The molecule has 3 amide bonds. The van der Waals surface area contributed by atoms with Crippen molar-refractivity contribution in [2.75, 3.05) is 13.1 Å². The molecule has 0 aromatic rings. The molecule has 0 heterocycles. The number of carbonyl (C=O) groups excluding carboxylic acids is 3. The Hall–Kier alpha value is -2.93. The number of nitrogens with zero attached hydrogens (tertiary/aromatic N) is 1. The Balaban J connectivity index is 4.68. The number of guanidine groups is 1. The van der Waals surface area contributed by atoms with Gasteiger partial charge in [-0.05, 0) is 26.7 Å². The topological polar surface area (TPSA) is 235 Å². The van der Waals surface area contributed by atoms with E-state index >= 15 is 0 Å². The first-order chi connectivity index (χ1) is 13.0. The van der Waals surface area contributed by atoms with Gasteiger partial charge in [-0.15, -0.1) is 0 Å². The quantitative estimate of drug-likeness (QED) is 0.0897. The lowest BCUT2D eigenvalue weighted by Crippen LogP contribution is -2.58. The maximum absolute atomic E-state index is 12.3. The third-order valence-corrected chi connectivity index (χ3v) is 3.53. The van der Waals surface area contributed by atoms with Crippen molar-refractivity contribution in [2.45, 2.75) is 50.9 Å². The van der Waals surface area contributed by atoms with Crippen molar-refractivity contribution >= 4 is 29.7 Å². The van der Waals surface area contributed by atoms with Gasteiger partial charge in [-0.2, -0.15) is 0 Å². The summed E-state index contributed by atoms with van der Waals surface area (Å²) in [5.41, 5.74) is 16.1. The normalized spacial score (nSPS) is 14.7. The molecule has 0 aliphatic heterocycles. The van der Waals surface area contributed by atoms with Gasteiger partial charge >= 0.3 is 5.97 Å². The predicted octanol–water partition coefficient (Wildman–Crippen LogP) is -4.06. The average molecular weight is 403 g/mol. The van der Waals surface area contributed by atoms with Crippen LogP contribution in [0.25, 0.3) is 0 Å². The highest BCUT2D eigenvalue weighted by molar-refractivity contribution is 5.93. The van der Waals surface area contributed by atoms with E-state index in [2.05, 4.69) is 20.9 Å². The van der Waals surface area contributed by atoms with Crippen LogP contribution < -0.4 is 33.2 Å². The molecular formula is C15H29N7O6. The first-order valence-electron chi connectivity index (χ1n) is 8.55. The van der Waals surface area contributed by atoms with Crippen molar-refractivity contribution in [1.29, 1.82) is 0 Å². The Morgan fingerprint density at radius 1 is 1.04 bits per heavy atom. The van der Waals surface area contributed by atoms with Crippen LogP contribution in [0, 0.1) is 0 Å². The molecule has 0 fully saturated rings. The van der Waals surface area contributed by atoms with Gasteiger partial charge in [-0.1, -0.05) is 0 Å². The lowest BCUT2D eigenvalue weighted by molar-refractivity contribution is -0.138. The number of carboxylic acid groups (broad SMARTS) is 1. The van der Waals surface area contributed by atoms with Crippen LogP contribution in [-0.2, 0) is 19.2 Å². The first kappa shape index (κ1) is 25.1. The van der Waals surface area contributed by atoms with Gasteiger partial charge in [0.15, 0.2) is 5.96 Å². The van der Waals surface area contributed by atoms with E-state index in [4.69, 9.17) is 22.3 Å². The number of amides is 3. The summed E-state index contributed by atoms with van der Waals surface area (Å²) in [4.78, 5) is 50.3. The van der Waals surface area contributed by atoms with Crippen LogP contribution in [0.15, 0.2) is 4.99 Å². The van der Waals surface area contributed by atoms with Gasteiger partial charge in [-0.3, -0.25) is 24.2 Å². The monoisotopic (exact) mass is 403 g/mol. The van der Waals surface area contributed by atoms with Crippen LogP contribution in [0.1, 0.15) is 26.7 Å². The molecule has 11 N–H and O–H groups in total. The van der Waals surface area contributed by atoms with Crippen molar-refractivity contribution < 1.29 is 29.4 Å². The Kier molecular flexibility index (Phi) is 11.2. The summed E-state index contributed by atoms with van der Waals surface area (Å²) in [6.07, 6.45) is -0.601. The molecule has 4 atom stereocenters. The smallest absolute Gasteiger partial charge is 0.322 e. The van der Waals surface area contributed by atoms with Crippen molar-refractivity contribution in [1.82, 2.24) is 16.0 Å². The van der Waals surface area contributed by atoms with E-state index in [-0.39, 0.29) is 18.9 Å². The molecule has 13 heteroatoms. The van der Waals surface area contributed by atoms with E-state index in [1.165, 1.54) is 13.8 Å². The third kappa shape index (κ3) is 10.3. The number of aliphatic hydroxyl groups is 1. The standard InChI is InChI=1S/C15H29N7O6/c1-7(12(26)20-6-10(24)25)21-14(28)11(8(2)23)22-13(27)9(16)4-3-5-19-15(17)18/h7-9,11,23H,3-6,16H2,1-2H3,(H,20,26)(H,21,28)(H,22,27)(H,24,25)(H4,17,18,19). The van der Waals surface area contributed by atoms with Crippen molar-refractivity contribution in [3.8, 4) is 0 Å². The van der Waals surface area contributed by atoms with Gasteiger partial charge in [-0.25, -0.2) is 0 Å². The molecule has 0 aromatic heterocycles. The molecule has 13 nitrogen and oxygen atoms in total. The summed E-state index contributed by atoms with van der Waals surface area (Å²) < 4.78 is 0. The lowest BCUT2D eigenvalue weighted by Gasteiger charge is -2.24. The van der Waals surface area contributed by atoms with Gasteiger partial charge in [0.2, 0.25) is 17.7 Å². The maximum Gasteiger partial charge on any atom is 0.322 e. The second-order valence-corrected chi connectivity index (χ2v) is 6.12.